The fraction of sp³-hybridized carbons (Fsp3) is 0.333. The quantitative estimate of drug-likeness (QED) is 0.515. The van der Waals surface area contributed by atoms with Crippen LogP contribution in [0.25, 0.3) is 22.8 Å². The van der Waals surface area contributed by atoms with Gasteiger partial charge in [0.1, 0.15) is 17.8 Å². The monoisotopic (exact) mass is 375 g/mol. The Morgan fingerprint density at radius 2 is 1.79 bits per heavy atom. The highest BCUT2D eigenvalue weighted by atomic mass is 15.3. The number of hydrogen-bond donors (Lipinski definition) is 0. The minimum Gasteiger partial charge on any atom is -0.333 e. The highest BCUT2D eigenvalue weighted by Gasteiger charge is 2.27. The Balaban J connectivity index is 1.94. The van der Waals surface area contributed by atoms with Crippen LogP contribution >= 0.6 is 0 Å². The van der Waals surface area contributed by atoms with Gasteiger partial charge >= 0.3 is 0 Å². The number of benzene rings is 1. The molecule has 1 aromatic carbocycles. The second-order valence-electron chi connectivity index (χ2n) is 7.46. The first-order valence-electron chi connectivity index (χ1n) is 9.50. The molecule has 28 heavy (non-hydrogen) atoms. The van der Waals surface area contributed by atoms with Crippen molar-refractivity contribution in [2.45, 2.75) is 26.3 Å². The van der Waals surface area contributed by atoms with Gasteiger partial charge in [0, 0.05) is 32.1 Å². The third kappa shape index (κ3) is 3.24. The summed E-state index contributed by atoms with van der Waals surface area (Å²) in [6, 6.07) is 10.3. The minimum absolute atomic E-state index is 0.0177. The summed E-state index contributed by atoms with van der Waals surface area (Å²) < 4.78 is 6.08. The number of aromatic nitrogens is 7. The van der Waals surface area contributed by atoms with Crippen LogP contribution < -0.4 is 0 Å². The molecule has 3 heterocycles. The summed E-state index contributed by atoms with van der Waals surface area (Å²) in [4.78, 5) is 14.0. The number of imidazole rings is 2. The lowest BCUT2D eigenvalue weighted by Crippen LogP contribution is -2.18. The van der Waals surface area contributed by atoms with Crippen LogP contribution in [0.15, 0.2) is 55.4 Å². The molecule has 0 fully saturated rings. The van der Waals surface area contributed by atoms with Gasteiger partial charge in [0.15, 0.2) is 5.82 Å². The third-order valence-corrected chi connectivity index (χ3v) is 4.95. The molecule has 0 amide bonds. The molecule has 0 saturated heterocycles. The summed E-state index contributed by atoms with van der Waals surface area (Å²) in [6.07, 6.45) is 8.23. The van der Waals surface area contributed by atoms with Crippen molar-refractivity contribution in [1.82, 2.24) is 33.9 Å². The number of nitrogens with zero attached hydrogens (tertiary/aromatic N) is 7. The average Bonchev–Trinajstić information content (AvgIpc) is 3.40. The normalized spacial score (nSPS) is 12.6. The molecule has 7 nitrogen and oxygen atoms in total. The first-order valence-corrected chi connectivity index (χ1v) is 9.50. The first kappa shape index (κ1) is 18.2. The Morgan fingerprint density at radius 3 is 2.39 bits per heavy atom. The van der Waals surface area contributed by atoms with Gasteiger partial charge in [-0.3, -0.25) is 4.68 Å². The van der Waals surface area contributed by atoms with Crippen molar-refractivity contribution in [3.8, 4) is 22.8 Å². The molecule has 0 aliphatic rings. The molecule has 1 unspecified atom stereocenters. The summed E-state index contributed by atoms with van der Waals surface area (Å²) in [5.41, 5.74) is 2.98. The van der Waals surface area contributed by atoms with E-state index in [-0.39, 0.29) is 6.04 Å². The first-order chi connectivity index (χ1) is 13.6. The molecular weight excluding hydrogens is 350 g/mol. The van der Waals surface area contributed by atoms with Gasteiger partial charge in [0.2, 0.25) is 0 Å². The topological polar surface area (TPSA) is 66.3 Å². The molecule has 144 valence electrons. The summed E-state index contributed by atoms with van der Waals surface area (Å²) in [6.45, 7) is 4.44. The van der Waals surface area contributed by atoms with Gasteiger partial charge in [0.05, 0.1) is 18.1 Å². The Hall–Kier alpha value is -3.22. The molecule has 0 aliphatic heterocycles. The van der Waals surface area contributed by atoms with Crippen molar-refractivity contribution in [1.29, 1.82) is 0 Å². The van der Waals surface area contributed by atoms with Gasteiger partial charge < -0.3 is 9.13 Å². The maximum absolute atomic E-state index is 4.80. The number of hydrogen-bond acceptors (Lipinski definition) is 4. The zero-order chi connectivity index (χ0) is 19.7. The van der Waals surface area contributed by atoms with Gasteiger partial charge in [-0.1, -0.05) is 44.2 Å². The Labute approximate surface area is 164 Å². The van der Waals surface area contributed by atoms with Crippen LogP contribution in [-0.2, 0) is 14.1 Å². The highest BCUT2D eigenvalue weighted by Crippen LogP contribution is 2.35. The Morgan fingerprint density at radius 1 is 1.00 bits per heavy atom. The van der Waals surface area contributed by atoms with E-state index in [4.69, 9.17) is 4.98 Å². The van der Waals surface area contributed by atoms with Crippen LogP contribution in [0.1, 0.15) is 32.1 Å². The molecule has 4 rings (SSSR count). The Bertz CT molecular complexity index is 1060. The van der Waals surface area contributed by atoms with Gasteiger partial charge in [0.25, 0.3) is 0 Å². The molecular formula is C21H25N7. The molecule has 0 N–H and O–H groups in total. The second kappa shape index (κ2) is 7.42. The lowest BCUT2D eigenvalue weighted by atomic mass is 10.0. The molecule has 0 radical (unpaired) electrons. The van der Waals surface area contributed by atoms with Crippen LogP contribution in [0.4, 0.5) is 0 Å². The summed E-state index contributed by atoms with van der Waals surface area (Å²) in [5.74, 6) is 2.28. The van der Waals surface area contributed by atoms with E-state index in [0.717, 1.165) is 35.0 Å². The van der Waals surface area contributed by atoms with Crippen molar-refractivity contribution >= 4 is 0 Å². The standard InChI is InChI=1S/C21H25N7/c1-15(2)12-17(20-23-13-25-27(20)4)28-14-24-18(16-8-6-5-7-9-16)19(28)21-22-10-11-26(21)3/h5-11,13-15,17H,12H2,1-4H3. The predicted octanol–water partition coefficient (Wildman–Crippen LogP) is 3.71. The second-order valence-corrected chi connectivity index (χ2v) is 7.46. The van der Waals surface area contributed by atoms with Gasteiger partial charge in [-0.15, -0.1) is 0 Å². The summed E-state index contributed by atoms with van der Waals surface area (Å²) >= 11 is 0. The maximum Gasteiger partial charge on any atom is 0.158 e. The van der Waals surface area contributed by atoms with Crippen molar-refractivity contribution < 1.29 is 0 Å². The van der Waals surface area contributed by atoms with Crippen molar-refractivity contribution in [3.63, 3.8) is 0 Å². The zero-order valence-electron chi connectivity index (χ0n) is 16.7. The van der Waals surface area contributed by atoms with E-state index in [0.29, 0.717) is 5.92 Å². The molecule has 7 heteroatoms. The SMILES string of the molecule is CC(C)CC(c1ncnn1C)n1cnc(-c2ccccc2)c1-c1nccn1C. The van der Waals surface area contributed by atoms with Crippen LogP contribution in [0.2, 0.25) is 0 Å². The summed E-state index contributed by atoms with van der Waals surface area (Å²) in [7, 11) is 3.94. The minimum atomic E-state index is 0.0177. The van der Waals surface area contributed by atoms with E-state index in [2.05, 4.69) is 45.6 Å². The van der Waals surface area contributed by atoms with E-state index < -0.39 is 0 Å². The predicted molar refractivity (Wildman–Crippen MR) is 108 cm³/mol. The summed E-state index contributed by atoms with van der Waals surface area (Å²) in [5, 5.41) is 4.30. The molecule has 0 aliphatic carbocycles. The maximum atomic E-state index is 4.80. The zero-order valence-corrected chi connectivity index (χ0v) is 16.7. The van der Waals surface area contributed by atoms with E-state index in [9.17, 15) is 0 Å². The smallest absolute Gasteiger partial charge is 0.158 e. The van der Waals surface area contributed by atoms with E-state index in [1.54, 1.807) is 6.33 Å². The molecule has 0 bridgehead atoms. The van der Waals surface area contributed by atoms with Gasteiger partial charge in [-0.05, 0) is 12.3 Å². The molecule has 1 atom stereocenters. The molecule has 0 spiro atoms. The molecule has 4 aromatic rings. The van der Waals surface area contributed by atoms with Crippen LogP contribution in [0.5, 0.6) is 0 Å². The van der Waals surface area contributed by atoms with Gasteiger partial charge in [-0.25, -0.2) is 15.0 Å². The average molecular weight is 375 g/mol. The van der Waals surface area contributed by atoms with Gasteiger partial charge in [-0.2, -0.15) is 5.10 Å². The fourth-order valence-corrected chi connectivity index (χ4v) is 3.62. The van der Waals surface area contributed by atoms with E-state index >= 15 is 0 Å². The van der Waals surface area contributed by atoms with Crippen LogP contribution in [0.3, 0.4) is 0 Å². The van der Waals surface area contributed by atoms with Crippen LogP contribution in [0, 0.1) is 5.92 Å². The lowest BCUT2D eigenvalue weighted by Gasteiger charge is -2.22. The largest absolute Gasteiger partial charge is 0.333 e. The lowest BCUT2D eigenvalue weighted by molar-refractivity contribution is 0.423. The highest BCUT2D eigenvalue weighted by molar-refractivity contribution is 5.75. The van der Waals surface area contributed by atoms with E-state index in [1.807, 2.05) is 60.3 Å². The van der Waals surface area contributed by atoms with E-state index in [1.165, 1.54) is 0 Å². The van der Waals surface area contributed by atoms with Crippen molar-refractivity contribution in [2.24, 2.45) is 20.0 Å². The fourth-order valence-electron chi connectivity index (χ4n) is 3.62. The molecule has 0 saturated carbocycles. The third-order valence-electron chi connectivity index (χ3n) is 4.95. The van der Waals surface area contributed by atoms with Crippen molar-refractivity contribution in [2.75, 3.05) is 0 Å². The van der Waals surface area contributed by atoms with Crippen molar-refractivity contribution in [3.05, 3.63) is 61.2 Å². The molecule has 3 aromatic heterocycles. The number of aryl methyl sites for hydroxylation is 2. The number of rotatable bonds is 6. The van der Waals surface area contributed by atoms with Crippen LogP contribution in [-0.4, -0.2) is 33.9 Å². The Kier molecular flexibility index (Phi) is 4.81.